The Hall–Kier alpha value is -1.17. The number of ether oxygens (including phenoxy) is 3. The molecule has 284 valence electrons. The molecule has 0 aromatic carbocycles. The van der Waals surface area contributed by atoms with Gasteiger partial charge in [-0.2, -0.15) is 0 Å². The fourth-order valence-electron chi connectivity index (χ4n) is 6.12. The minimum atomic E-state index is -0.0815. The van der Waals surface area contributed by atoms with Gasteiger partial charge >= 0.3 is 5.97 Å². The first kappa shape index (κ1) is 46.8. The number of hydrogen-bond donors (Lipinski definition) is 0. The molecule has 0 saturated carbocycles. The lowest BCUT2D eigenvalue weighted by Gasteiger charge is -2.21. The second-order valence-electron chi connectivity index (χ2n) is 14.4. The number of hydrogen-bond acceptors (Lipinski definition) is 5. The number of esters is 1. The van der Waals surface area contributed by atoms with E-state index in [1.807, 2.05) is 0 Å². The molecule has 0 aliphatic rings. The Morgan fingerprint density at radius 1 is 0.542 bits per heavy atom. The fourth-order valence-corrected chi connectivity index (χ4v) is 6.12. The summed E-state index contributed by atoms with van der Waals surface area (Å²) in [6, 6.07) is 0. The van der Waals surface area contributed by atoms with Crippen LogP contribution in [0.15, 0.2) is 24.3 Å². The molecule has 0 heterocycles. The highest BCUT2D eigenvalue weighted by molar-refractivity contribution is 5.68. The third-order valence-electron chi connectivity index (χ3n) is 9.22. The van der Waals surface area contributed by atoms with Crippen LogP contribution >= 0.6 is 0 Å². The van der Waals surface area contributed by atoms with E-state index in [-0.39, 0.29) is 12.1 Å². The summed E-state index contributed by atoms with van der Waals surface area (Å²) in [5.74, 6) is -0.0815. The summed E-state index contributed by atoms with van der Waals surface area (Å²) in [7, 11) is 5.74. The molecule has 0 fully saturated rings. The van der Waals surface area contributed by atoms with Gasteiger partial charge in [0.1, 0.15) is 0 Å². The molecule has 0 saturated heterocycles. The van der Waals surface area contributed by atoms with Crippen molar-refractivity contribution in [1.29, 1.82) is 0 Å². The average Bonchev–Trinajstić information content (AvgIpc) is 3.08. The lowest BCUT2D eigenvalue weighted by Crippen LogP contribution is -2.30. The molecule has 0 aromatic heterocycles. The van der Waals surface area contributed by atoms with Crippen molar-refractivity contribution in [3.8, 4) is 0 Å². The molecule has 5 heteroatoms. The summed E-state index contributed by atoms with van der Waals surface area (Å²) in [5.41, 5.74) is 0. The van der Waals surface area contributed by atoms with Gasteiger partial charge < -0.3 is 19.1 Å². The number of methoxy groups -OCH3 is 1. The number of likely N-dealkylation sites (N-methyl/N-ethyl adjacent to an activating group) is 1. The van der Waals surface area contributed by atoms with Crippen LogP contribution in [0, 0.1) is 0 Å². The van der Waals surface area contributed by atoms with Crippen LogP contribution in [-0.4, -0.2) is 64.5 Å². The molecule has 0 spiro atoms. The van der Waals surface area contributed by atoms with Crippen molar-refractivity contribution in [3.63, 3.8) is 0 Å². The van der Waals surface area contributed by atoms with Gasteiger partial charge in [-0.1, -0.05) is 134 Å². The van der Waals surface area contributed by atoms with Crippen molar-refractivity contribution >= 4 is 5.97 Å². The highest BCUT2D eigenvalue weighted by Crippen LogP contribution is 2.13. The van der Waals surface area contributed by atoms with Crippen molar-refractivity contribution in [2.45, 2.75) is 199 Å². The molecule has 48 heavy (non-hydrogen) atoms. The number of rotatable bonds is 39. The minimum Gasteiger partial charge on any atom is -0.469 e. The molecule has 5 nitrogen and oxygen atoms in total. The summed E-state index contributed by atoms with van der Waals surface area (Å²) in [5, 5.41) is 0. The highest BCUT2D eigenvalue weighted by Gasteiger charge is 2.10. The zero-order valence-corrected chi connectivity index (χ0v) is 32.8. The molecular weight excluding hydrogens is 594 g/mol. The summed E-state index contributed by atoms with van der Waals surface area (Å²) < 4.78 is 16.9. The highest BCUT2D eigenvalue weighted by atomic mass is 16.5. The normalized spacial score (nSPS) is 12.6. The minimum absolute atomic E-state index is 0.0815. The number of unbranched alkanes of at least 4 members (excludes halogenated alkanes) is 23. The van der Waals surface area contributed by atoms with Crippen molar-refractivity contribution in [1.82, 2.24) is 4.90 Å². The van der Waals surface area contributed by atoms with E-state index >= 15 is 0 Å². The standard InChI is InChI=1S/C43H83NO4/c1-5-6-7-8-9-10-11-12-13-16-19-22-25-28-31-34-38-47-40-37-42(41-44(2)3)48-39-35-32-29-26-23-20-17-14-15-18-21-24-27-30-33-36-43(45)46-4/h12-15,42H,5-11,16-41H2,1-4H3/b13-12-,15-14-. The number of carbonyl (C=O) groups is 1. The van der Waals surface area contributed by atoms with Crippen molar-refractivity contribution in [3.05, 3.63) is 24.3 Å². The van der Waals surface area contributed by atoms with Crippen LogP contribution in [0.3, 0.4) is 0 Å². The van der Waals surface area contributed by atoms with Gasteiger partial charge in [0.15, 0.2) is 0 Å². The molecule has 0 amide bonds. The van der Waals surface area contributed by atoms with Crippen molar-refractivity contribution in [2.75, 3.05) is 47.6 Å². The van der Waals surface area contributed by atoms with Crippen LogP contribution in [0.1, 0.15) is 193 Å². The SMILES string of the molecule is CCCCCCCC/C=C\CCCCCCCCOCCC(CN(C)C)OCCCCCCCC/C=C\CCCCCCCC(=O)OC. The van der Waals surface area contributed by atoms with Gasteiger partial charge in [0.05, 0.1) is 13.2 Å². The van der Waals surface area contributed by atoms with Gasteiger partial charge in [0.2, 0.25) is 0 Å². The molecule has 0 aromatic rings. The molecule has 0 rings (SSSR count). The number of carbonyl (C=O) groups excluding carboxylic acids is 1. The fraction of sp³-hybridized carbons (Fsp3) is 0.884. The summed E-state index contributed by atoms with van der Waals surface area (Å²) >= 11 is 0. The van der Waals surface area contributed by atoms with Gasteiger partial charge in [-0.05, 0) is 91.1 Å². The molecule has 0 aliphatic carbocycles. The van der Waals surface area contributed by atoms with E-state index in [0.29, 0.717) is 6.42 Å². The Balaban J connectivity index is 3.52. The molecule has 1 atom stereocenters. The van der Waals surface area contributed by atoms with Gasteiger partial charge in [-0.25, -0.2) is 0 Å². The Labute approximate surface area is 300 Å². The Morgan fingerprint density at radius 2 is 0.958 bits per heavy atom. The topological polar surface area (TPSA) is 48.0 Å². The maximum Gasteiger partial charge on any atom is 0.305 e. The van der Waals surface area contributed by atoms with Crippen LogP contribution in [0.25, 0.3) is 0 Å². The van der Waals surface area contributed by atoms with Crippen molar-refractivity contribution < 1.29 is 19.0 Å². The third-order valence-corrected chi connectivity index (χ3v) is 9.22. The first-order valence-electron chi connectivity index (χ1n) is 20.8. The van der Waals surface area contributed by atoms with E-state index < -0.39 is 0 Å². The van der Waals surface area contributed by atoms with Gasteiger partial charge in [-0.15, -0.1) is 0 Å². The zero-order chi connectivity index (χ0) is 35.0. The quantitative estimate of drug-likeness (QED) is 0.0368. The molecule has 0 radical (unpaired) electrons. The van der Waals surface area contributed by atoms with E-state index in [1.54, 1.807) is 0 Å². The maximum absolute atomic E-state index is 11.1. The first-order valence-corrected chi connectivity index (χ1v) is 20.8. The van der Waals surface area contributed by atoms with E-state index in [2.05, 4.69) is 55.0 Å². The summed E-state index contributed by atoms with van der Waals surface area (Å²) in [6.45, 7) is 5.85. The zero-order valence-electron chi connectivity index (χ0n) is 32.8. The average molecular weight is 678 g/mol. The first-order chi connectivity index (χ1) is 23.6. The van der Waals surface area contributed by atoms with Crippen LogP contribution in [0.5, 0.6) is 0 Å². The largest absolute Gasteiger partial charge is 0.469 e. The Kier molecular flexibility index (Phi) is 39.3. The van der Waals surface area contributed by atoms with E-state index in [0.717, 1.165) is 45.6 Å². The van der Waals surface area contributed by atoms with Gasteiger partial charge in [0, 0.05) is 32.8 Å². The molecule has 1 unspecified atom stereocenters. The number of allylic oxidation sites excluding steroid dienone is 4. The molecular formula is C43H83NO4. The summed E-state index contributed by atoms with van der Waals surface area (Å²) in [6.07, 6.45) is 46.2. The van der Waals surface area contributed by atoms with Gasteiger partial charge in [0.25, 0.3) is 0 Å². The predicted octanol–water partition coefficient (Wildman–Crippen LogP) is 12.6. The molecule has 0 N–H and O–H groups in total. The predicted molar refractivity (Wildman–Crippen MR) is 209 cm³/mol. The van der Waals surface area contributed by atoms with E-state index in [4.69, 9.17) is 9.47 Å². The van der Waals surface area contributed by atoms with Crippen LogP contribution < -0.4 is 0 Å². The monoisotopic (exact) mass is 678 g/mol. The van der Waals surface area contributed by atoms with Crippen LogP contribution in [-0.2, 0) is 19.0 Å². The molecule has 0 bridgehead atoms. The van der Waals surface area contributed by atoms with Crippen LogP contribution in [0.2, 0.25) is 0 Å². The van der Waals surface area contributed by atoms with E-state index in [9.17, 15) is 4.79 Å². The molecule has 0 aliphatic heterocycles. The lowest BCUT2D eigenvalue weighted by molar-refractivity contribution is -0.140. The lowest BCUT2D eigenvalue weighted by atomic mass is 10.1. The number of nitrogens with zero attached hydrogens (tertiary/aromatic N) is 1. The Morgan fingerprint density at radius 3 is 1.42 bits per heavy atom. The second kappa shape index (κ2) is 40.3. The third kappa shape index (κ3) is 39.3. The van der Waals surface area contributed by atoms with E-state index in [1.165, 1.54) is 168 Å². The smallest absolute Gasteiger partial charge is 0.305 e. The van der Waals surface area contributed by atoms with Crippen molar-refractivity contribution in [2.24, 2.45) is 0 Å². The summed E-state index contributed by atoms with van der Waals surface area (Å²) in [4.78, 5) is 13.3. The maximum atomic E-state index is 11.1. The second-order valence-corrected chi connectivity index (χ2v) is 14.4. The Bertz CT molecular complexity index is 692. The van der Waals surface area contributed by atoms with Gasteiger partial charge in [-0.3, -0.25) is 4.79 Å². The van der Waals surface area contributed by atoms with Crippen LogP contribution in [0.4, 0.5) is 0 Å².